The van der Waals surface area contributed by atoms with Gasteiger partial charge in [0.05, 0.1) is 24.4 Å². The number of carbonyl (C=O) groups is 1. The number of carbonyl (C=O) groups excluding carboxylic acids is 1. The summed E-state index contributed by atoms with van der Waals surface area (Å²) in [5.74, 6) is 0.540. The molecule has 0 unspecified atom stereocenters. The van der Waals surface area contributed by atoms with Crippen LogP contribution in [0.1, 0.15) is 19.4 Å². The highest BCUT2D eigenvalue weighted by Gasteiger charge is 2.12. The summed E-state index contributed by atoms with van der Waals surface area (Å²) in [4.78, 5) is 11.8. The molecule has 2 rings (SSSR count). The second kappa shape index (κ2) is 6.76. The fourth-order valence-electron chi connectivity index (χ4n) is 2.09. The molecule has 6 heteroatoms. The van der Waals surface area contributed by atoms with E-state index in [9.17, 15) is 4.79 Å². The molecule has 0 spiro atoms. The van der Waals surface area contributed by atoms with E-state index in [1.54, 1.807) is 42.3 Å². The Kier molecular flexibility index (Phi) is 4.79. The smallest absolute Gasteiger partial charge is 0.241 e. The Morgan fingerprint density at radius 3 is 2.86 bits per heavy atom. The van der Waals surface area contributed by atoms with E-state index in [1.165, 1.54) is 0 Å². The van der Waals surface area contributed by atoms with E-state index in [4.69, 9.17) is 10.00 Å². The zero-order chi connectivity index (χ0) is 16.1. The van der Waals surface area contributed by atoms with Crippen molar-refractivity contribution in [2.45, 2.75) is 26.4 Å². The van der Waals surface area contributed by atoms with Gasteiger partial charge in [-0.1, -0.05) is 0 Å². The van der Waals surface area contributed by atoms with Crippen LogP contribution in [0.5, 0.6) is 5.75 Å². The minimum Gasteiger partial charge on any atom is -0.496 e. The number of hydrogen-bond donors (Lipinski definition) is 1. The number of nitrogens with one attached hydrogen (secondary N) is 1. The molecular weight excluding hydrogens is 280 g/mol. The van der Waals surface area contributed by atoms with Crippen molar-refractivity contribution in [1.82, 2.24) is 15.1 Å². The normalized spacial score (nSPS) is 10.3. The van der Waals surface area contributed by atoms with Gasteiger partial charge in [-0.2, -0.15) is 10.4 Å². The third kappa shape index (κ3) is 3.64. The van der Waals surface area contributed by atoms with Crippen LogP contribution in [0.15, 0.2) is 30.5 Å². The molecule has 0 atom stereocenters. The van der Waals surface area contributed by atoms with Gasteiger partial charge in [0.25, 0.3) is 0 Å². The first kappa shape index (κ1) is 15.6. The first-order chi connectivity index (χ1) is 10.5. The van der Waals surface area contributed by atoms with Crippen molar-refractivity contribution in [3.63, 3.8) is 0 Å². The highest BCUT2D eigenvalue weighted by Crippen LogP contribution is 2.29. The van der Waals surface area contributed by atoms with Crippen molar-refractivity contribution in [2.75, 3.05) is 7.11 Å². The summed E-state index contributed by atoms with van der Waals surface area (Å²) in [6.45, 7) is 3.97. The van der Waals surface area contributed by atoms with Gasteiger partial charge in [0.2, 0.25) is 5.91 Å². The summed E-state index contributed by atoms with van der Waals surface area (Å²) in [6.07, 6.45) is 1.73. The van der Waals surface area contributed by atoms with Crippen molar-refractivity contribution < 1.29 is 9.53 Å². The Hall–Kier alpha value is -2.81. The number of nitrogens with zero attached hydrogens (tertiary/aromatic N) is 3. The first-order valence-electron chi connectivity index (χ1n) is 6.95. The molecule has 2 aromatic rings. The fourth-order valence-corrected chi connectivity index (χ4v) is 2.09. The Labute approximate surface area is 129 Å². The van der Waals surface area contributed by atoms with E-state index in [0.29, 0.717) is 17.0 Å². The van der Waals surface area contributed by atoms with Gasteiger partial charge in [-0.3, -0.25) is 9.48 Å². The monoisotopic (exact) mass is 298 g/mol. The lowest BCUT2D eigenvalue weighted by Gasteiger charge is -2.08. The summed E-state index contributed by atoms with van der Waals surface area (Å²) in [5.41, 5.74) is 1.92. The molecule has 0 saturated carbocycles. The van der Waals surface area contributed by atoms with Gasteiger partial charge in [-0.25, -0.2) is 0 Å². The molecule has 0 saturated heterocycles. The highest BCUT2D eigenvalue weighted by molar-refractivity contribution is 5.76. The van der Waals surface area contributed by atoms with E-state index in [0.717, 1.165) is 5.56 Å². The Morgan fingerprint density at radius 1 is 1.45 bits per heavy atom. The second-order valence-electron chi connectivity index (χ2n) is 5.15. The number of amides is 1. The van der Waals surface area contributed by atoms with Gasteiger partial charge in [0, 0.05) is 17.8 Å². The molecular formula is C16H18N4O2. The summed E-state index contributed by atoms with van der Waals surface area (Å²) < 4.78 is 6.87. The van der Waals surface area contributed by atoms with E-state index in [2.05, 4.69) is 16.5 Å². The minimum absolute atomic E-state index is 0.0925. The average molecular weight is 298 g/mol. The molecule has 0 aliphatic carbocycles. The second-order valence-corrected chi connectivity index (χ2v) is 5.15. The maximum atomic E-state index is 11.8. The molecule has 0 radical (unpaired) electrons. The van der Waals surface area contributed by atoms with Crippen molar-refractivity contribution >= 4 is 5.91 Å². The molecule has 0 aliphatic heterocycles. The van der Waals surface area contributed by atoms with E-state index in [-0.39, 0.29) is 18.5 Å². The molecule has 114 valence electrons. The molecule has 1 N–H and O–H groups in total. The van der Waals surface area contributed by atoms with Gasteiger partial charge < -0.3 is 10.1 Å². The van der Waals surface area contributed by atoms with E-state index >= 15 is 0 Å². The molecule has 1 aromatic heterocycles. The molecule has 0 fully saturated rings. The van der Waals surface area contributed by atoms with Gasteiger partial charge in [-0.15, -0.1) is 0 Å². The summed E-state index contributed by atoms with van der Waals surface area (Å²) in [7, 11) is 1.57. The molecule has 0 bridgehead atoms. The molecule has 1 aromatic carbocycles. The van der Waals surface area contributed by atoms with E-state index < -0.39 is 0 Å². The number of hydrogen-bond acceptors (Lipinski definition) is 4. The van der Waals surface area contributed by atoms with Crippen molar-refractivity contribution in [1.29, 1.82) is 5.26 Å². The van der Waals surface area contributed by atoms with Crippen molar-refractivity contribution in [3.05, 3.63) is 36.0 Å². The maximum Gasteiger partial charge on any atom is 0.241 e. The number of ether oxygens (including phenoxy) is 1. The molecule has 1 heterocycles. The first-order valence-corrected chi connectivity index (χ1v) is 6.95. The van der Waals surface area contributed by atoms with Crippen LogP contribution in [0.3, 0.4) is 0 Å². The van der Waals surface area contributed by atoms with Gasteiger partial charge >= 0.3 is 0 Å². The average Bonchev–Trinajstić information content (AvgIpc) is 2.93. The zero-order valence-corrected chi connectivity index (χ0v) is 12.8. The van der Waals surface area contributed by atoms with Crippen molar-refractivity contribution in [3.8, 4) is 23.1 Å². The molecule has 0 aliphatic rings. The standard InChI is InChI=1S/C16H18N4O2/c1-11(2)18-16(21)10-20-7-6-14(19-20)13-8-12(9-17)4-5-15(13)22-3/h4-8,11H,10H2,1-3H3,(H,18,21). The maximum absolute atomic E-state index is 11.8. The lowest BCUT2D eigenvalue weighted by Crippen LogP contribution is -2.33. The topological polar surface area (TPSA) is 79.9 Å². The number of rotatable bonds is 5. The van der Waals surface area contributed by atoms with Crippen LogP contribution in [0.4, 0.5) is 0 Å². The summed E-state index contributed by atoms with van der Waals surface area (Å²) >= 11 is 0. The third-order valence-electron chi connectivity index (χ3n) is 3.00. The Balaban J connectivity index is 2.25. The van der Waals surface area contributed by atoms with Crippen LogP contribution in [-0.4, -0.2) is 28.8 Å². The lowest BCUT2D eigenvalue weighted by molar-refractivity contribution is -0.122. The summed E-state index contributed by atoms with van der Waals surface area (Å²) in [5, 5.41) is 16.2. The SMILES string of the molecule is COc1ccc(C#N)cc1-c1ccn(CC(=O)NC(C)C)n1. The van der Waals surface area contributed by atoms with Crippen LogP contribution in [0, 0.1) is 11.3 Å². The molecule has 1 amide bonds. The van der Waals surface area contributed by atoms with Crippen LogP contribution >= 0.6 is 0 Å². The Morgan fingerprint density at radius 2 is 2.23 bits per heavy atom. The van der Waals surface area contributed by atoms with Gasteiger partial charge in [0.15, 0.2) is 0 Å². The van der Waals surface area contributed by atoms with Crippen LogP contribution in [0.2, 0.25) is 0 Å². The van der Waals surface area contributed by atoms with Crippen molar-refractivity contribution in [2.24, 2.45) is 0 Å². The van der Waals surface area contributed by atoms with Crippen LogP contribution < -0.4 is 10.1 Å². The van der Waals surface area contributed by atoms with E-state index in [1.807, 2.05) is 13.8 Å². The number of benzene rings is 1. The molecule has 22 heavy (non-hydrogen) atoms. The van der Waals surface area contributed by atoms with Crippen LogP contribution in [0.25, 0.3) is 11.3 Å². The fraction of sp³-hybridized carbons (Fsp3) is 0.312. The number of nitriles is 1. The van der Waals surface area contributed by atoms with Gasteiger partial charge in [-0.05, 0) is 38.1 Å². The predicted octanol–water partition coefficient (Wildman–Crippen LogP) is 1.95. The zero-order valence-electron chi connectivity index (χ0n) is 12.8. The lowest BCUT2D eigenvalue weighted by atomic mass is 10.1. The molecule has 6 nitrogen and oxygen atoms in total. The van der Waals surface area contributed by atoms with Crippen LogP contribution in [-0.2, 0) is 11.3 Å². The number of aromatic nitrogens is 2. The minimum atomic E-state index is -0.0950. The number of methoxy groups -OCH3 is 1. The largest absolute Gasteiger partial charge is 0.496 e. The van der Waals surface area contributed by atoms with Gasteiger partial charge in [0.1, 0.15) is 12.3 Å². The quantitative estimate of drug-likeness (QED) is 0.915. The predicted molar refractivity (Wildman–Crippen MR) is 82.2 cm³/mol. The Bertz CT molecular complexity index is 713. The third-order valence-corrected chi connectivity index (χ3v) is 3.00. The highest BCUT2D eigenvalue weighted by atomic mass is 16.5. The summed E-state index contributed by atoms with van der Waals surface area (Å²) in [6, 6.07) is 9.13.